The van der Waals surface area contributed by atoms with Crippen molar-refractivity contribution in [1.29, 1.82) is 0 Å². The third-order valence-electron chi connectivity index (χ3n) is 3.60. The van der Waals surface area contributed by atoms with E-state index in [-0.39, 0.29) is 12.0 Å². The van der Waals surface area contributed by atoms with E-state index < -0.39 is 5.97 Å². The molecule has 1 fully saturated rings. The van der Waals surface area contributed by atoms with Crippen molar-refractivity contribution in [3.8, 4) is 0 Å². The van der Waals surface area contributed by atoms with Gasteiger partial charge in [-0.3, -0.25) is 4.79 Å². The number of aliphatic carboxylic acids is 1. The summed E-state index contributed by atoms with van der Waals surface area (Å²) in [5.74, 6) is -0.951. The van der Waals surface area contributed by atoms with Gasteiger partial charge in [0.25, 0.3) is 0 Å². The van der Waals surface area contributed by atoms with E-state index in [0.29, 0.717) is 6.54 Å². The van der Waals surface area contributed by atoms with E-state index in [0.717, 1.165) is 36.3 Å². The molecule has 2 unspecified atom stereocenters. The average Bonchev–Trinajstić information content (AvgIpc) is 2.38. The van der Waals surface area contributed by atoms with Gasteiger partial charge >= 0.3 is 5.97 Å². The summed E-state index contributed by atoms with van der Waals surface area (Å²) < 4.78 is 0. The smallest absolute Gasteiger partial charge is 0.308 e. The summed E-state index contributed by atoms with van der Waals surface area (Å²) in [5.41, 5.74) is 1.02. The molecule has 1 aliphatic rings. The first kappa shape index (κ1) is 13.4. The molecule has 1 aliphatic carbocycles. The summed E-state index contributed by atoms with van der Waals surface area (Å²) in [6.07, 6.45) is 3.82. The highest BCUT2D eigenvalue weighted by Crippen LogP contribution is 2.25. The lowest BCUT2D eigenvalue weighted by atomic mass is 9.84. The fraction of sp³-hybridized carbons (Fsp3) is 0.500. The first-order valence-corrected chi connectivity index (χ1v) is 6.76. The summed E-state index contributed by atoms with van der Waals surface area (Å²) >= 11 is 6.08. The molecule has 0 spiro atoms. The Morgan fingerprint density at radius 1 is 1.33 bits per heavy atom. The molecule has 0 amide bonds. The summed E-state index contributed by atoms with van der Waals surface area (Å²) in [4.78, 5) is 11.2. The minimum absolute atomic E-state index is 0.0625. The third kappa shape index (κ3) is 3.24. The lowest BCUT2D eigenvalue weighted by Crippen LogP contribution is -2.41. The minimum atomic E-state index is -0.689. The van der Waals surface area contributed by atoms with Gasteiger partial charge in [-0.2, -0.15) is 0 Å². The third-order valence-corrected chi connectivity index (χ3v) is 3.96. The predicted molar refractivity (Wildman–Crippen MR) is 71.7 cm³/mol. The van der Waals surface area contributed by atoms with Crippen molar-refractivity contribution in [1.82, 2.24) is 5.32 Å². The van der Waals surface area contributed by atoms with Crippen molar-refractivity contribution in [2.75, 3.05) is 0 Å². The van der Waals surface area contributed by atoms with Crippen LogP contribution < -0.4 is 5.32 Å². The molecule has 0 heterocycles. The standard InChI is InChI=1S/C14H18ClNO2/c15-12-7-3-1-5-10(12)9-16-13-8-4-2-6-11(13)14(17)18/h1,3,5,7,11,13,16H,2,4,6,8-9H2,(H,17,18). The van der Waals surface area contributed by atoms with Crippen molar-refractivity contribution in [3.63, 3.8) is 0 Å². The van der Waals surface area contributed by atoms with E-state index >= 15 is 0 Å². The number of carboxylic acid groups (broad SMARTS) is 1. The van der Waals surface area contributed by atoms with E-state index in [4.69, 9.17) is 11.6 Å². The van der Waals surface area contributed by atoms with Gasteiger partial charge in [-0.1, -0.05) is 42.6 Å². The summed E-state index contributed by atoms with van der Waals surface area (Å²) in [5, 5.41) is 13.3. The molecule has 2 atom stereocenters. The second-order valence-corrected chi connectivity index (χ2v) is 5.22. The van der Waals surface area contributed by atoms with Crippen LogP contribution in [-0.2, 0) is 11.3 Å². The minimum Gasteiger partial charge on any atom is -0.481 e. The van der Waals surface area contributed by atoms with Crippen LogP contribution in [0.3, 0.4) is 0 Å². The van der Waals surface area contributed by atoms with Crippen LogP contribution in [-0.4, -0.2) is 17.1 Å². The Morgan fingerprint density at radius 3 is 2.78 bits per heavy atom. The maximum absolute atomic E-state index is 11.2. The van der Waals surface area contributed by atoms with Gasteiger partial charge in [0.1, 0.15) is 0 Å². The molecule has 1 aromatic carbocycles. The fourth-order valence-corrected chi connectivity index (χ4v) is 2.76. The number of hydrogen-bond acceptors (Lipinski definition) is 2. The van der Waals surface area contributed by atoms with Crippen LogP contribution in [0, 0.1) is 5.92 Å². The van der Waals surface area contributed by atoms with Gasteiger partial charge in [-0.05, 0) is 24.5 Å². The van der Waals surface area contributed by atoms with Crippen LogP contribution in [0.1, 0.15) is 31.2 Å². The highest BCUT2D eigenvalue weighted by Gasteiger charge is 2.30. The van der Waals surface area contributed by atoms with Gasteiger partial charge in [-0.15, -0.1) is 0 Å². The Morgan fingerprint density at radius 2 is 2.06 bits per heavy atom. The summed E-state index contributed by atoms with van der Waals surface area (Å²) in [6, 6.07) is 7.72. The topological polar surface area (TPSA) is 49.3 Å². The first-order valence-electron chi connectivity index (χ1n) is 6.38. The van der Waals surface area contributed by atoms with E-state index in [1.165, 1.54) is 0 Å². The van der Waals surface area contributed by atoms with Gasteiger partial charge in [0, 0.05) is 17.6 Å². The molecule has 98 valence electrons. The number of hydrogen-bond donors (Lipinski definition) is 2. The van der Waals surface area contributed by atoms with Crippen molar-refractivity contribution < 1.29 is 9.90 Å². The van der Waals surface area contributed by atoms with Crippen LogP contribution in [0.15, 0.2) is 24.3 Å². The Bertz CT molecular complexity index is 422. The molecule has 0 saturated heterocycles. The molecular weight excluding hydrogens is 250 g/mol. The zero-order valence-corrected chi connectivity index (χ0v) is 11.0. The zero-order valence-electron chi connectivity index (χ0n) is 10.2. The van der Waals surface area contributed by atoms with E-state index in [9.17, 15) is 9.90 Å². The monoisotopic (exact) mass is 267 g/mol. The molecule has 0 bridgehead atoms. The lowest BCUT2D eigenvalue weighted by Gasteiger charge is -2.29. The van der Waals surface area contributed by atoms with Crippen molar-refractivity contribution >= 4 is 17.6 Å². The van der Waals surface area contributed by atoms with Crippen LogP contribution in [0.25, 0.3) is 0 Å². The van der Waals surface area contributed by atoms with E-state index in [1.54, 1.807) is 0 Å². The Hall–Kier alpha value is -1.06. The van der Waals surface area contributed by atoms with Crippen LogP contribution in [0.4, 0.5) is 0 Å². The Balaban J connectivity index is 1.96. The fourth-order valence-electron chi connectivity index (χ4n) is 2.55. The maximum atomic E-state index is 11.2. The van der Waals surface area contributed by atoms with Gasteiger partial charge in [0.05, 0.1) is 5.92 Å². The van der Waals surface area contributed by atoms with Crippen LogP contribution in [0.5, 0.6) is 0 Å². The number of carboxylic acids is 1. The van der Waals surface area contributed by atoms with Crippen LogP contribution in [0.2, 0.25) is 5.02 Å². The van der Waals surface area contributed by atoms with E-state index in [1.807, 2.05) is 24.3 Å². The van der Waals surface area contributed by atoms with Gasteiger partial charge in [-0.25, -0.2) is 0 Å². The summed E-state index contributed by atoms with van der Waals surface area (Å²) in [6.45, 7) is 0.633. The highest BCUT2D eigenvalue weighted by molar-refractivity contribution is 6.31. The van der Waals surface area contributed by atoms with Crippen LogP contribution >= 0.6 is 11.6 Å². The van der Waals surface area contributed by atoms with Crippen molar-refractivity contribution in [3.05, 3.63) is 34.9 Å². The Kier molecular flexibility index (Phi) is 4.61. The molecule has 0 aliphatic heterocycles. The second-order valence-electron chi connectivity index (χ2n) is 4.81. The molecule has 18 heavy (non-hydrogen) atoms. The quantitative estimate of drug-likeness (QED) is 0.881. The lowest BCUT2D eigenvalue weighted by molar-refractivity contribution is -0.143. The molecule has 0 aromatic heterocycles. The second kappa shape index (κ2) is 6.21. The zero-order chi connectivity index (χ0) is 13.0. The number of halogens is 1. The molecule has 0 radical (unpaired) electrons. The largest absolute Gasteiger partial charge is 0.481 e. The number of rotatable bonds is 4. The molecule has 1 saturated carbocycles. The normalized spacial score (nSPS) is 23.8. The maximum Gasteiger partial charge on any atom is 0.308 e. The van der Waals surface area contributed by atoms with Gasteiger partial charge in [0.2, 0.25) is 0 Å². The van der Waals surface area contributed by atoms with E-state index in [2.05, 4.69) is 5.32 Å². The molecular formula is C14H18ClNO2. The summed E-state index contributed by atoms with van der Waals surface area (Å²) in [7, 11) is 0. The highest BCUT2D eigenvalue weighted by atomic mass is 35.5. The first-order chi connectivity index (χ1) is 8.68. The van der Waals surface area contributed by atoms with Crippen molar-refractivity contribution in [2.24, 2.45) is 5.92 Å². The molecule has 2 N–H and O–H groups in total. The van der Waals surface area contributed by atoms with Crippen molar-refractivity contribution in [2.45, 2.75) is 38.3 Å². The average molecular weight is 268 g/mol. The SMILES string of the molecule is O=C(O)C1CCCCC1NCc1ccccc1Cl. The van der Waals surface area contributed by atoms with Gasteiger partial charge in [0.15, 0.2) is 0 Å². The number of benzene rings is 1. The molecule has 1 aromatic rings. The van der Waals surface area contributed by atoms with Gasteiger partial charge < -0.3 is 10.4 Å². The predicted octanol–water partition coefficient (Wildman–Crippen LogP) is 3.07. The Labute approximate surface area is 112 Å². The number of nitrogens with one attached hydrogen (secondary N) is 1. The number of carbonyl (C=O) groups is 1. The molecule has 3 nitrogen and oxygen atoms in total. The molecule has 4 heteroatoms. The molecule has 2 rings (SSSR count).